The van der Waals surface area contributed by atoms with Crippen LogP contribution >= 0.6 is 11.6 Å². The predicted molar refractivity (Wildman–Crippen MR) is 99.9 cm³/mol. The first-order valence-electron chi connectivity index (χ1n) is 8.01. The number of aryl methyl sites for hydroxylation is 1. The maximum absolute atomic E-state index is 13.5. The third-order valence-corrected chi connectivity index (χ3v) is 5.20. The van der Waals surface area contributed by atoms with E-state index in [4.69, 9.17) is 21.2 Å². The summed E-state index contributed by atoms with van der Waals surface area (Å²) < 4.78 is 43.4. The number of primary sulfonamides is 1. The molecule has 0 aliphatic rings. The van der Waals surface area contributed by atoms with Gasteiger partial charge in [-0.3, -0.25) is 0 Å². The lowest BCUT2D eigenvalue weighted by molar-refractivity contribution is 0.519. The van der Waals surface area contributed by atoms with E-state index in [1.807, 2.05) is 6.92 Å². The standard InChI is InChI=1S/C19H17ClFNO3S/c1-2-5-13-11-15(14-6-3-4-7-18(14)26(22,23)24)19(25-13)12-8-9-17(21)16(20)10-12/h3-4,6-11H,2,5H2,1H3,(H2,22,23,24). The first-order valence-corrected chi connectivity index (χ1v) is 9.94. The molecule has 1 heterocycles. The highest BCUT2D eigenvalue weighted by Gasteiger charge is 2.21. The fourth-order valence-corrected chi connectivity index (χ4v) is 3.73. The molecule has 0 spiro atoms. The average molecular weight is 394 g/mol. The summed E-state index contributed by atoms with van der Waals surface area (Å²) in [6.45, 7) is 2.01. The van der Waals surface area contributed by atoms with E-state index in [-0.39, 0.29) is 9.92 Å². The van der Waals surface area contributed by atoms with Gasteiger partial charge in [-0.15, -0.1) is 0 Å². The van der Waals surface area contributed by atoms with Crippen molar-refractivity contribution in [3.63, 3.8) is 0 Å². The Balaban J connectivity index is 2.27. The lowest BCUT2D eigenvalue weighted by Crippen LogP contribution is -2.13. The molecule has 0 saturated heterocycles. The van der Waals surface area contributed by atoms with Crippen LogP contribution in [0.3, 0.4) is 0 Å². The van der Waals surface area contributed by atoms with E-state index in [0.29, 0.717) is 34.6 Å². The first kappa shape index (κ1) is 18.6. The smallest absolute Gasteiger partial charge is 0.238 e. The average Bonchev–Trinajstić information content (AvgIpc) is 3.01. The van der Waals surface area contributed by atoms with Crippen molar-refractivity contribution in [2.75, 3.05) is 0 Å². The second kappa shape index (κ2) is 7.23. The van der Waals surface area contributed by atoms with Gasteiger partial charge < -0.3 is 4.42 Å². The fraction of sp³-hybridized carbons (Fsp3) is 0.158. The molecule has 26 heavy (non-hydrogen) atoms. The molecule has 3 aromatic rings. The Morgan fingerprint density at radius 1 is 1.12 bits per heavy atom. The SMILES string of the molecule is CCCc1cc(-c2ccccc2S(N)(=O)=O)c(-c2ccc(F)c(Cl)c2)o1. The number of sulfonamides is 1. The van der Waals surface area contributed by atoms with Crippen molar-refractivity contribution in [1.82, 2.24) is 0 Å². The van der Waals surface area contributed by atoms with Gasteiger partial charge in [-0.05, 0) is 36.8 Å². The molecule has 0 unspecified atom stereocenters. The zero-order valence-corrected chi connectivity index (χ0v) is 15.6. The highest BCUT2D eigenvalue weighted by atomic mass is 35.5. The number of hydrogen-bond donors (Lipinski definition) is 1. The van der Waals surface area contributed by atoms with Gasteiger partial charge in [-0.25, -0.2) is 17.9 Å². The van der Waals surface area contributed by atoms with Crippen LogP contribution in [-0.4, -0.2) is 8.42 Å². The Hall–Kier alpha value is -2.15. The van der Waals surface area contributed by atoms with E-state index < -0.39 is 15.8 Å². The number of furan rings is 1. The highest BCUT2D eigenvalue weighted by molar-refractivity contribution is 7.89. The molecule has 3 rings (SSSR count). The maximum Gasteiger partial charge on any atom is 0.238 e. The number of benzene rings is 2. The van der Waals surface area contributed by atoms with Gasteiger partial charge >= 0.3 is 0 Å². The number of hydrogen-bond acceptors (Lipinski definition) is 3. The summed E-state index contributed by atoms with van der Waals surface area (Å²) in [5.41, 5.74) is 1.55. The van der Waals surface area contributed by atoms with Crippen molar-refractivity contribution in [1.29, 1.82) is 0 Å². The van der Waals surface area contributed by atoms with Crippen molar-refractivity contribution >= 4 is 21.6 Å². The molecule has 0 fully saturated rings. The molecule has 4 nitrogen and oxygen atoms in total. The zero-order valence-electron chi connectivity index (χ0n) is 14.0. The predicted octanol–water partition coefficient (Wildman–Crippen LogP) is 5.01. The Morgan fingerprint density at radius 3 is 2.50 bits per heavy atom. The summed E-state index contributed by atoms with van der Waals surface area (Å²) in [5.74, 6) is 0.580. The summed E-state index contributed by atoms with van der Waals surface area (Å²) in [6, 6.07) is 12.5. The van der Waals surface area contributed by atoms with Crippen LogP contribution in [0.2, 0.25) is 5.02 Å². The number of rotatable bonds is 5. The minimum Gasteiger partial charge on any atom is -0.460 e. The van der Waals surface area contributed by atoms with Gasteiger partial charge in [0.15, 0.2) is 0 Å². The number of nitrogens with two attached hydrogens (primary N) is 1. The topological polar surface area (TPSA) is 73.3 Å². The lowest BCUT2D eigenvalue weighted by atomic mass is 10.0. The third kappa shape index (κ3) is 3.67. The monoisotopic (exact) mass is 393 g/mol. The van der Waals surface area contributed by atoms with Crippen molar-refractivity contribution in [2.24, 2.45) is 5.14 Å². The van der Waals surface area contributed by atoms with E-state index in [9.17, 15) is 12.8 Å². The lowest BCUT2D eigenvalue weighted by Gasteiger charge is -2.08. The van der Waals surface area contributed by atoms with Crippen LogP contribution in [0.1, 0.15) is 19.1 Å². The second-order valence-corrected chi connectivity index (χ2v) is 7.81. The summed E-state index contributed by atoms with van der Waals surface area (Å²) in [6.07, 6.45) is 1.53. The summed E-state index contributed by atoms with van der Waals surface area (Å²) in [7, 11) is -3.93. The Bertz CT molecular complexity index is 1060. The summed E-state index contributed by atoms with van der Waals surface area (Å²) in [4.78, 5) is -0.00157. The van der Waals surface area contributed by atoms with Crippen LogP contribution < -0.4 is 5.14 Å². The molecule has 0 atom stereocenters. The van der Waals surface area contributed by atoms with Crippen LogP contribution in [0.15, 0.2) is 57.8 Å². The molecule has 0 bridgehead atoms. The molecule has 0 amide bonds. The van der Waals surface area contributed by atoms with Gasteiger partial charge in [-0.1, -0.05) is 36.7 Å². The Labute approximate surface area is 156 Å². The van der Waals surface area contributed by atoms with Gasteiger partial charge in [0, 0.05) is 23.1 Å². The van der Waals surface area contributed by atoms with Gasteiger partial charge in [0.1, 0.15) is 17.3 Å². The normalized spacial score (nSPS) is 11.7. The van der Waals surface area contributed by atoms with Crippen molar-refractivity contribution in [2.45, 2.75) is 24.7 Å². The first-order chi connectivity index (χ1) is 12.3. The molecule has 0 aliphatic heterocycles. The van der Waals surface area contributed by atoms with Gasteiger partial charge in [0.05, 0.1) is 9.92 Å². The van der Waals surface area contributed by atoms with Crippen LogP contribution in [0.25, 0.3) is 22.5 Å². The van der Waals surface area contributed by atoms with Gasteiger partial charge in [-0.2, -0.15) is 0 Å². The highest BCUT2D eigenvalue weighted by Crippen LogP contribution is 2.39. The molecule has 2 N–H and O–H groups in total. The van der Waals surface area contributed by atoms with E-state index in [0.717, 1.165) is 6.42 Å². The summed E-state index contributed by atoms with van der Waals surface area (Å²) >= 11 is 5.90. The van der Waals surface area contributed by atoms with Gasteiger partial charge in [0.25, 0.3) is 0 Å². The minimum atomic E-state index is -3.93. The van der Waals surface area contributed by atoms with Crippen LogP contribution in [0.5, 0.6) is 0 Å². The van der Waals surface area contributed by atoms with E-state index in [1.54, 1.807) is 30.3 Å². The molecule has 7 heteroatoms. The van der Waals surface area contributed by atoms with Crippen molar-refractivity contribution < 1.29 is 17.2 Å². The third-order valence-electron chi connectivity index (χ3n) is 3.95. The fourth-order valence-electron chi connectivity index (χ4n) is 2.80. The molecule has 2 aromatic carbocycles. The minimum absolute atomic E-state index is 0.00157. The second-order valence-electron chi connectivity index (χ2n) is 5.88. The van der Waals surface area contributed by atoms with Gasteiger partial charge in [0.2, 0.25) is 10.0 Å². The molecular weight excluding hydrogens is 377 g/mol. The van der Waals surface area contributed by atoms with E-state index >= 15 is 0 Å². The van der Waals surface area contributed by atoms with Crippen LogP contribution in [-0.2, 0) is 16.4 Å². The van der Waals surface area contributed by atoms with E-state index in [1.165, 1.54) is 18.2 Å². The molecule has 0 saturated carbocycles. The van der Waals surface area contributed by atoms with Crippen LogP contribution in [0, 0.1) is 5.82 Å². The Morgan fingerprint density at radius 2 is 1.85 bits per heavy atom. The molecule has 0 aliphatic carbocycles. The van der Waals surface area contributed by atoms with Crippen molar-refractivity contribution in [3.05, 3.63) is 65.1 Å². The quantitative estimate of drug-likeness (QED) is 0.662. The zero-order chi connectivity index (χ0) is 18.9. The largest absolute Gasteiger partial charge is 0.460 e. The molecule has 136 valence electrons. The Kier molecular flexibility index (Phi) is 5.18. The molecule has 1 aromatic heterocycles. The maximum atomic E-state index is 13.5. The van der Waals surface area contributed by atoms with Crippen LogP contribution in [0.4, 0.5) is 4.39 Å². The number of halogens is 2. The summed E-state index contributed by atoms with van der Waals surface area (Å²) in [5, 5.41) is 5.32. The molecule has 0 radical (unpaired) electrons. The van der Waals surface area contributed by atoms with Crippen molar-refractivity contribution in [3.8, 4) is 22.5 Å². The van der Waals surface area contributed by atoms with E-state index in [2.05, 4.69) is 0 Å². The molecular formula is C19H17ClFNO3S.